The van der Waals surface area contributed by atoms with Gasteiger partial charge in [-0.25, -0.2) is 0 Å². The second-order valence-corrected chi connectivity index (χ2v) is 5.02. The summed E-state index contributed by atoms with van der Waals surface area (Å²) in [5.74, 6) is 0.904. The second kappa shape index (κ2) is 2.84. The standard InChI is InChI=1S/C12H17NO/c1-7(2)12(6-13)5-9-4-10(12)8(3)11(9)14/h8-11,14H,1,4-5H2,2-3H3/t8?,9-,10?,11?,12?/m0/s1. The fourth-order valence-corrected chi connectivity index (χ4v) is 3.48. The summed E-state index contributed by atoms with van der Waals surface area (Å²) >= 11 is 0. The van der Waals surface area contributed by atoms with Gasteiger partial charge in [0.1, 0.15) is 0 Å². The SMILES string of the molecule is C=C(C)C1(C#N)C[C@@H]2CC1C(C)C2O. The number of rotatable bonds is 1. The highest BCUT2D eigenvalue weighted by Gasteiger charge is 2.59. The van der Waals surface area contributed by atoms with Crippen LogP contribution in [0.25, 0.3) is 0 Å². The number of hydrogen-bond acceptors (Lipinski definition) is 2. The molecular formula is C12H17NO. The minimum Gasteiger partial charge on any atom is -0.393 e. The van der Waals surface area contributed by atoms with Crippen molar-refractivity contribution in [2.24, 2.45) is 23.2 Å². The third-order valence-corrected chi connectivity index (χ3v) is 4.39. The molecule has 2 saturated carbocycles. The topological polar surface area (TPSA) is 44.0 Å². The van der Waals surface area contributed by atoms with E-state index in [9.17, 15) is 10.4 Å². The van der Waals surface area contributed by atoms with Crippen LogP contribution in [0.15, 0.2) is 12.2 Å². The number of hydrogen-bond donors (Lipinski definition) is 1. The molecule has 2 aliphatic carbocycles. The third-order valence-electron chi connectivity index (χ3n) is 4.39. The molecule has 4 unspecified atom stereocenters. The lowest BCUT2D eigenvalue weighted by atomic mass is 9.65. The van der Waals surface area contributed by atoms with Gasteiger partial charge in [-0.2, -0.15) is 5.26 Å². The van der Waals surface area contributed by atoms with Gasteiger partial charge in [0.2, 0.25) is 0 Å². The maximum atomic E-state index is 9.86. The Labute approximate surface area is 85.2 Å². The van der Waals surface area contributed by atoms with Gasteiger partial charge >= 0.3 is 0 Å². The average molecular weight is 191 g/mol. The molecule has 0 heterocycles. The Balaban J connectivity index is 2.36. The number of allylic oxidation sites excluding steroid dienone is 1. The van der Waals surface area contributed by atoms with E-state index < -0.39 is 0 Å². The second-order valence-electron chi connectivity index (χ2n) is 5.02. The molecule has 0 spiro atoms. The minimum absolute atomic E-state index is 0.194. The van der Waals surface area contributed by atoms with Gasteiger partial charge in [-0.1, -0.05) is 19.1 Å². The van der Waals surface area contributed by atoms with E-state index in [2.05, 4.69) is 19.6 Å². The predicted octanol–water partition coefficient (Wildman–Crippen LogP) is 2.11. The van der Waals surface area contributed by atoms with E-state index in [1.165, 1.54) is 0 Å². The fraction of sp³-hybridized carbons (Fsp3) is 0.750. The maximum Gasteiger partial charge on any atom is 0.0812 e. The lowest BCUT2D eigenvalue weighted by molar-refractivity contribution is 0.0372. The van der Waals surface area contributed by atoms with Crippen LogP contribution in [-0.4, -0.2) is 11.2 Å². The molecule has 2 heteroatoms. The molecule has 0 saturated heterocycles. The van der Waals surface area contributed by atoms with E-state index in [0.29, 0.717) is 11.8 Å². The Kier molecular flexibility index (Phi) is 1.97. The molecule has 0 aromatic rings. The highest BCUT2D eigenvalue weighted by molar-refractivity contribution is 5.28. The Bertz CT molecular complexity index is 315. The molecule has 0 radical (unpaired) electrons. The summed E-state index contributed by atoms with van der Waals surface area (Å²) < 4.78 is 0. The Morgan fingerprint density at radius 1 is 1.64 bits per heavy atom. The van der Waals surface area contributed by atoms with Crippen molar-refractivity contribution < 1.29 is 5.11 Å². The van der Waals surface area contributed by atoms with E-state index in [1.54, 1.807) is 0 Å². The van der Waals surface area contributed by atoms with Gasteiger partial charge in [0.05, 0.1) is 17.6 Å². The van der Waals surface area contributed by atoms with Crippen LogP contribution in [0.5, 0.6) is 0 Å². The van der Waals surface area contributed by atoms with Crippen molar-refractivity contribution >= 4 is 0 Å². The summed E-state index contributed by atoms with van der Waals surface area (Å²) in [5, 5.41) is 19.2. The van der Waals surface area contributed by atoms with Crippen LogP contribution >= 0.6 is 0 Å². The summed E-state index contributed by atoms with van der Waals surface area (Å²) in [6.07, 6.45) is 1.62. The fourth-order valence-electron chi connectivity index (χ4n) is 3.48. The predicted molar refractivity (Wildman–Crippen MR) is 54.2 cm³/mol. The number of nitriles is 1. The number of aliphatic hydroxyl groups excluding tert-OH is 1. The van der Waals surface area contributed by atoms with Crippen LogP contribution in [0.3, 0.4) is 0 Å². The molecule has 0 aromatic heterocycles. The lowest BCUT2D eigenvalue weighted by Gasteiger charge is -2.37. The van der Waals surface area contributed by atoms with Crippen LogP contribution in [0, 0.1) is 34.5 Å². The summed E-state index contributed by atoms with van der Waals surface area (Å²) in [6, 6.07) is 2.45. The Morgan fingerprint density at radius 2 is 2.29 bits per heavy atom. The molecule has 0 aliphatic heterocycles. The van der Waals surface area contributed by atoms with E-state index in [4.69, 9.17) is 0 Å². The van der Waals surface area contributed by atoms with Crippen molar-refractivity contribution in [2.45, 2.75) is 32.8 Å². The van der Waals surface area contributed by atoms with Crippen molar-refractivity contribution in [1.29, 1.82) is 5.26 Å². The van der Waals surface area contributed by atoms with Gasteiger partial charge < -0.3 is 5.11 Å². The van der Waals surface area contributed by atoms with Crippen molar-refractivity contribution in [3.05, 3.63) is 12.2 Å². The summed E-state index contributed by atoms with van der Waals surface area (Å²) in [7, 11) is 0. The zero-order valence-electron chi connectivity index (χ0n) is 8.83. The van der Waals surface area contributed by atoms with Crippen LogP contribution < -0.4 is 0 Å². The minimum atomic E-state index is -0.344. The average Bonchev–Trinajstić information content (AvgIpc) is 2.65. The van der Waals surface area contributed by atoms with Gasteiger partial charge in [0.15, 0.2) is 0 Å². The van der Waals surface area contributed by atoms with E-state index in [1.807, 2.05) is 6.92 Å². The Hall–Kier alpha value is -0.810. The molecule has 2 bridgehead atoms. The molecule has 2 aliphatic rings. The molecule has 2 rings (SSSR count). The molecule has 76 valence electrons. The lowest BCUT2D eigenvalue weighted by Crippen LogP contribution is -2.38. The van der Waals surface area contributed by atoms with Crippen molar-refractivity contribution in [3.8, 4) is 6.07 Å². The molecule has 5 atom stereocenters. The largest absolute Gasteiger partial charge is 0.393 e. The first-order valence-corrected chi connectivity index (χ1v) is 5.28. The zero-order chi connectivity index (χ0) is 10.5. The summed E-state index contributed by atoms with van der Waals surface area (Å²) in [5.41, 5.74) is 0.634. The Morgan fingerprint density at radius 3 is 2.64 bits per heavy atom. The number of aliphatic hydroxyl groups is 1. The first kappa shape index (κ1) is 9.73. The first-order valence-electron chi connectivity index (χ1n) is 5.28. The van der Waals surface area contributed by atoms with Gasteiger partial charge in [0, 0.05) is 0 Å². The molecule has 0 aromatic carbocycles. The van der Waals surface area contributed by atoms with Gasteiger partial charge in [-0.3, -0.25) is 0 Å². The van der Waals surface area contributed by atoms with Crippen molar-refractivity contribution in [3.63, 3.8) is 0 Å². The molecule has 14 heavy (non-hydrogen) atoms. The van der Waals surface area contributed by atoms with E-state index in [-0.39, 0.29) is 17.4 Å². The zero-order valence-corrected chi connectivity index (χ0v) is 8.83. The van der Waals surface area contributed by atoms with Crippen molar-refractivity contribution in [2.75, 3.05) is 0 Å². The van der Waals surface area contributed by atoms with Gasteiger partial charge in [-0.15, -0.1) is 0 Å². The summed E-state index contributed by atoms with van der Waals surface area (Å²) in [6.45, 7) is 7.96. The van der Waals surface area contributed by atoms with Crippen LogP contribution in [0.2, 0.25) is 0 Å². The molecule has 2 fully saturated rings. The van der Waals surface area contributed by atoms with Crippen LogP contribution in [0.1, 0.15) is 26.7 Å². The van der Waals surface area contributed by atoms with Crippen LogP contribution in [0.4, 0.5) is 0 Å². The number of fused-ring (bicyclic) bond motifs is 2. The molecule has 2 nitrogen and oxygen atoms in total. The smallest absolute Gasteiger partial charge is 0.0812 e. The highest BCUT2D eigenvalue weighted by atomic mass is 16.3. The molecular weight excluding hydrogens is 174 g/mol. The normalized spacial score (nSPS) is 50.4. The van der Waals surface area contributed by atoms with Gasteiger partial charge in [-0.05, 0) is 37.5 Å². The monoisotopic (exact) mass is 191 g/mol. The molecule has 1 N–H and O–H groups in total. The quantitative estimate of drug-likeness (QED) is 0.645. The number of nitrogens with zero attached hydrogens (tertiary/aromatic N) is 1. The van der Waals surface area contributed by atoms with Crippen LogP contribution in [-0.2, 0) is 0 Å². The highest BCUT2D eigenvalue weighted by Crippen LogP contribution is 2.60. The first-order chi connectivity index (χ1) is 6.53. The third kappa shape index (κ3) is 0.938. The van der Waals surface area contributed by atoms with E-state index in [0.717, 1.165) is 18.4 Å². The maximum absolute atomic E-state index is 9.86. The van der Waals surface area contributed by atoms with Gasteiger partial charge in [0.25, 0.3) is 0 Å². The summed E-state index contributed by atoms with van der Waals surface area (Å²) in [4.78, 5) is 0. The van der Waals surface area contributed by atoms with E-state index >= 15 is 0 Å². The van der Waals surface area contributed by atoms with Crippen molar-refractivity contribution in [1.82, 2.24) is 0 Å². The molecule has 0 amide bonds.